The van der Waals surface area contributed by atoms with Gasteiger partial charge < -0.3 is 25.4 Å². The number of nitrogens with one attached hydrogen (secondary N) is 2. The van der Waals surface area contributed by atoms with Crippen molar-refractivity contribution in [2.75, 3.05) is 20.7 Å². The van der Waals surface area contributed by atoms with E-state index in [1.165, 1.54) is 12.5 Å². The Hall–Kier alpha value is -4.62. The standard InChI is InChI=1S/C42H55N5O7S/c1-7-26(4)37(45-39(50)34-15-11-12-18-46(34)5)41(51)47(23-27-13-9-8-10-14-27)35(25(2)3)22-36(48)40-44-33(24-55-40)38(49)43-29-19-28-16-17-30(54-6)21-31(28)32(20-29)42(52)53/h8-10,13-14,16-17,21,24-26,29,32,34-35,37H,7,11-12,15,18-20,22-23H2,1-6H3,(H,43,49)(H,45,50)(H,52,53)/t26?,29-,32+,34?,35+,37?/m0/s1. The highest BCUT2D eigenvalue weighted by Crippen LogP contribution is 2.35. The van der Waals surface area contributed by atoms with Crippen LogP contribution in [0.4, 0.5) is 0 Å². The first-order valence-corrected chi connectivity index (χ1v) is 20.2. The molecule has 0 saturated carbocycles. The van der Waals surface area contributed by atoms with E-state index < -0.39 is 35.9 Å². The largest absolute Gasteiger partial charge is 0.497 e. The molecule has 2 heterocycles. The van der Waals surface area contributed by atoms with Gasteiger partial charge in [0.15, 0.2) is 10.8 Å². The summed E-state index contributed by atoms with van der Waals surface area (Å²) in [6.45, 7) is 8.99. The molecule has 55 heavy (non-hydrogen) atoms. The van der Waals surface area contributed by atoms with Crippen LogP contribution in [-0.2, 0) is 27.3 Å². The quantitative estimate of drug-likeness (QED) is 0.155. The van der Waals surface area contributed by atoms with Gasteiger partial charge in [-0.15, -0.1) is 11.3 Å². The summed E-state index contributed by atoms with van der Waals surface area (Å²) in [5.74, 6) is -2.68. The van der Waals surface area contributed by atoms with E-state index in [1.54, 1.807) is 17.0 Å². The molecule has 0 bridgehead atoms. The molecular formula is C42H55N5O7S. The number of carboxylic acid groups (broad SMARTS) is 1. The number of thiazole rings is 1. The topological polar surface area (TPSA) is 158 Å². The third-order valence-corrected chi connectivity index (χ3v) is 12.1. The number of benzene rings is 2. The molecule has 0 radical (unpaired) electrons. The second-order valence-electron chi connectivity index (χ2n) is 15.4. The summed E-state index contributed by atoms with van der Waals surface area (Å²) in [7, 11) is 3.48. The molecule has 296 valence electrons. The molecular weight excluding hydrogens is 719 g/mol. The van der Waals surface area contributed by atoms with Crippen LogP contribution in [0.5, 0.6) is 5.75 Å². The van der Waals surface area contributed by atoms with Gasteiger partial charge in [0.1, 0.15) is 17.5 Å². The van der Waals surface area contributed by atoms with Gasteiger partial charge >= 0.3 is 5.97 Å². The molecule has 2 aliphatic rings. The number of hydrogen-bond acceptors (Lipinski definition) is 9. The number of ketones is 1. The van der Waals surface area contributed by atoms with Crippen LogP contribution in [0.25, 0.3) is 0 Å². The highest BCUT2D eigenvalue weighted by molar-refractivity contribution is 7.12. The molecule has 1 aliphatic carbocycles. The number of likely N-dealkylation sites (tertiary alicyclic amines) is 1. The molecule has 3 N–H and O–H groups in total. The highest BCUT2D eigenvalue weighted by atomic mass is 32.1. The third-order valence-electron chi connectivity index (χ3n) is 11.2. The molecule has 1 fully saturated rings. The number of likely N-dealkylation sites (N-methyl/N-ethyl adjacent to an activating group) is 1. The number of carbonyl (C=O) groups is 5. The van der Waals surface area contributed by atoms with Crippen LogP contribution in [0.15, 0.2) is 53.9 Å². The van der Waals surface area contributed by atoms with E-state index in [4.69, 9.17) is 4.74 Å². The maximum Gasteiger partial charge on any atom is 0.311 e. The molecule has 2 aromatic carbocycles. The lowest BCUT2D eigenvalue weighted by atomic mass is 9.80. The lowest BCUT2D eigenvalue weighted by molar-refractivity contribution is -0.142. The summed E-state index contributed by atoms with van der Waals surface area (Å²) in [4.78, 5) is 76.2. The van der Waals surface area contributed by atoms with Crippen molar-refractivity contribution in [1.82, 2.24) is 25.4 Å². The molecule has 3 aromatic rings. The van der Waals surface area contributed by atoms with Crippen molar-refractivity contribution in [2.24, 2.45) is 11.8 Å². The van der Waals surface area contributed by atoms with Crippen molar-refractivity contribution in [3.63, 3.8) is 0 Å². The predicted molar refractivity (Wildman–Crippen MR) is 211 cm³/mol. The summed E-state index contributed by atoms with van der Waals surface area (Å²) in [6, 6.07) is 12.9. The van der Waals surface area contributed by atoms with Gasteiger partial charge in [0, 0.05) is 30.4 Å². The number of carboxylic acids is 1. The minimum atomic E-state index is -0.982. The zero-order chi connectivity index (χ0) is 39.8. The van der Waals surface area contributed by atoms with Crippen LogP contribution in [0.2, 0.25) is 0 Å². The summed E-state index contributed by atoms with van der Waals surface area (Å²) in [5, 5.41) is 17.7. The van der Waals surface area contributed by atoms with E-state index in [-0.39, 0.29) is 65.6 Å². The first-order chi connectivity index (χ1) is 26.3. The van der Waals surface area contributed by atoms with E-state index >= 15 is 0 Å². The number of piperidine rings is 1. The zero-order valence-electron chi connectivity index (χ0n) is 32.7. The fraction of sp³-hybridized carbons (Fsp3) is 0.524. The number of aliphatic carboxylic acids is 1. The van der Waals surface area contributed by atoms with E-state index in [0.29, 0.717) is 24.2 Å². The van der Waals surface area contributed by atoms with Crippen molar-refractivity contribution in [3.05, 3.63) is 81.3 Å². The molecule has 12 nitrogen and oxygen atoms in total. The number of ether oxygens (including phenoxy) is 1. The van der Waals surface area contributed by atoms with Crippen LogP contribution < -0.4 is 15.4 Å². The number of amides is 3. The SMILES string of the molecule is CCC(C)C(NC(=O)C1CCCCN1C)C(=O)N(Cc1ccccc1)[C@H](CC(=O)c1nc(C(=O)N[C@H]2Cc3ccc(OC)cc3[C@H](C(=O)O)C2)cs1)C(C)C. The Labute approximate surface area is 328 Å². The van der Waals surface area contributed by atoms with Crippen molar-refractivity contribution in [1.29, 1.82) is 0 Å². The fourth-order valence-corrected chi connectivity index (χ4v) is 8.47. The average Bonchev–Trinajstić information content (AvgIpc) is 3.68. The van der Waals surface area contributed by atoms with Gasteiger partial charge in [-0.05, 0) is 79.9 Å². The first kappa shape index (κ1) is 41.5. The number of fused-ring (bicyclic) bond motifs is 1. The molecule has 1 aromatic heterocycles. The van der Waals surface area contributed by atoms with Crippen LogP contribution in [-0.4, -0.2) is 94.2 Å². The molecule has 5 rings (SSSR count). The summed E-state index contributed by atoms with van der Waals surface area (Å²) in [5.41, 5.74) is 2.47. The van der Waals surface area contributed by atoms with Crippen molar-refractivity contribution in [2.45, 2.75) is 109 Å². The molecule has 3 amide bonds. The van der Waals surface area contributed by atoms with Crippen LogP contribution in [0, 0.1) is 11.8 Å². The second kappa shape index (κ2) is 18.8. The number of rotatable bonds is 16. The molecule has 3 unspecified atom stereocenters. The Balaban J connectivity index is 1.34. The number of aromatic nitrogens is 1. The van der Waals surface area contributed by atoms with Gasteiger partial charge in [-0.1, -0.05) is 76.9 Å². The Morgan fingerprint density at radius 3 is 2.47 bits per heavy atom. The summed E-state index contributed by atoms with van der Waals surface area (Å²) < 4.78 is 5.30. The Bertz CT molecular complexity index is 1830. The van der Waals surface area contributed by atoms with Gasteiger partial charge in [0.25, 0.3) is 5.91 Å². The highest BCUT2D eigenvalue weighted by Gasteiger charge is 2.38. The van der Waals surface area contributed by atoms with Crippen LogP contribution in [0.1, 0.15) is 109 Å². The maximum absolute atomic E-state index is 14.7. The van der Waals surface area contributed by atoms with Crippen molar-refractivity contribution in [3.8, 4) is 5.75 Å². The number of methoxy groups -OCH3 is 1. The minimum Gasteiger partial charge on any atom is -0.497 e. The van der Waals surface area contributed by atoms with Crippen LogP contribution in [0.3, 0.4) is 0 Å². The molecule has 1 saturated heterocycles. The first-order valence-electron chi connectivity index (χ1n) is 19.3. The number of carbonyl (C=O) groups excluding carboxylic acids is 4. The van der Waals surface area contributed by atoms with Gasteiger partial charge in [0.2, 0.25) is 11.8 Å². The fourth-order valence-electron chi connectivity index (χ4n) is 7.72. The molecule has 0 spiro atoms. The monoisotopic (exact) mass is 773 g/mol. The summed E-state index contributed by atoms with van der Waals surface area (Å²) in [6.07, 6.45) is 4.02. The minimum absolute atomic E-state index is 0.0273. The summed E-state index contributed by atoms with van der Waals surface area (Å²) >= 11 is 1.07. The number of hydrogen-bond donors (Lipinski definition) is 3. The van der Waals surface area contributed by atoms with Crippen molar-refractivity contribution >= 4 is 40.8 Å². The smallest absolute Gasteiger partial charge is 0.311 e. The Kier molecular flexibility index (Phi) is 14.2. The Morgan fingerprint density at radius 2 is 1.82 bits per heavy atom. The second-order valence-corrected chi connectivity index (χ2v) is 16.2. The van der Waals surface area contributed by atoms with Gasteiger partial charge in [-0.25, -0.2) is 4.98 Å². The molecule has 13 heteroatoms. The number of Topliss-reactive ketones (excluding diaryl/α,β-unsaturated/α-hetero) is 1. The maximum atomic E-state index is 14.7. The van der Waals surface area contributed by atoms with Gasteiger partial charge in [-0.3, -0.25) is 28.9 Å². The van der Waals surface area contributed by atoms with E-state index in [9.17, 15) is 29.1 Å². The lowest BCUT2D eigenvalue weighted by Gasteiger charge is -2.39. The predicted octanol–water partition coefficient (Wildman–Crippen LogP) is 5.71. The van der Waals surface area contributed by atoms with E-state index in [0.717, 1.165) is 48.3 Å². The van der Waals surface area contributed by atoms with Gasteiger partial charge in [-0.2, -0.15) is 0 Å². The third kappa shape index (κ3) is 10.2. The lowest BCUT2D eigenvalue weighted by Crippen LogP contribution is -2.58. The van der Waals surface area contributed by atoms with E-state index in [1.807, 2.05) is 71.1 Å². The number of nitrogens with zero attached hydrogens (tertiary/aromatic N) is 3. The Morgan fingerprint density at radius 1 is 1.07 bits per heavy atom. The van der Waals surface area contributed by atoms with Crippen molar-refractivity contribution < 1.29 is 33.8 Å². The molecule has 6 atom stereocenters. The van der Waals surface area contributed by atoms with E-state index in [2.05, 4.69) is 20.5 Å². The zero-order valence-corrected chi connectivity index (χ0v) is 33.6. The molecule has 1 aliphatic heterocycles. The normalized spacial score (nSPS) is 20.1. The average molecular weight is 774 g/mol. The van der Waals surface area contributed by atoms with Gasteiger partial charge in [0.05, 0.1) is 19.1 Å². The van der Waals surface area contributed by atoms with Crippen LogP contribution >= 0.6 is 11.3 Å².